The van der Waals surface area contributed by atoms with E-state index in [9.17, 15) is 0 Å². The quantitative estimate of drug-likeness (QED) is 0.0870. The van der Waals surface area contributed by atoms with Gasteiger partial charge in [0.05, 0.1) is 14.2 Å². The predicted molar refractivity (Wildman–Crippen MR) is 227 cm³/mol. The number of ether oxygens (including phenoxy) is 4. The fourth-order valence-corrected chi connectivity index (χ4v) is 11.7. The van der Waals surface area contributed by atoms with Crippen LogP contribution >= 0.6 is 0 Å². The highest BCUT2D eigenvalue weighted by molar-refractivity contribution is 6.99. The van der Waals surface area contributed by atoms with Gasteiger partial charge >= 0.3 is 0 Å². The molecule has 0 amide bonds. The monoisotopic (exact) mass is 748 g/mol. The fourth-order valence-electron chi connectivity index (χ4n) is 7.06. The molecule has 55 heavy (non-hydrogen) atoms. The van der Waals surface area contributed by atoms with Gasteiger partial charge in [-0.1, -0.05) is 166 Å². The van der Waals surface area contributed by atoms with Crippen LogP contribution < -0.4 is 29.3 Å². The van der Waals surface area contributed by atoms with Gasteiger partial charge in [-0.15, -0.1) is 0 Å². The lowest BCUT2D eigenvalue weighted by Crippen LogP contribution is -2.66. The van der Waals surface area contributed by atoms with Crippen molar-refractivity contribution in [3.63, 3.8) is 0 Å². The summed E-state index contributed by atoms with van der Waals surface area (Å²) < 4.78 is 31.5. The molecule has 5 nitrogen and oxygen atoms in total. The number of benzene rings is 6. The number of hydrogen-bond donors (Lipinski definition) is 0. The first-order chi connectivity index (χ1) is 26.8. The third kappa shape index (κ3) is 9.95. The standard InChI is InChI=1S/C49H52O5Si/c1-49(2,3)55(43-22-14-8-15-23-43,44-24-16-9-17-25-44)54-37-42(32-41-29-31-46(48(34-41)51-5)53-36-40-20-12-7-13-21-40)27-26-38-28-30-45(47(33-38)50-4)52-35-39-18-10-6-11-19-39/h6-31,33-34,42H,32,35-37H2,1-5H3/b27-26+/t42-/m1/s1. The van der Waals surface area contributed by atoms with Gasteiger partial charge in [-0.2, -0.15) is 0 Å². The average molecular weight is 749 g/mol. The molecule has 6 aromatic rings. The molecular weight excluding hydrogens is 697 g/mol. The molecule has 0 saturated heterocycles. The minimum atomic E-state index is -2.78. The zero-order valence-electron chi connectivity index (χ0n) is 32.6. The van der Waals surface area contributed by atoms with Crippen molar-refractivity contribution in [2.24, 2.45) is 5.92 Å². The summed E-state index contributed by atoms with van der Waals surface area (Å²) in [5, 5.41) is 2.37. The van der Waals surface area contributed by atoms with Crippen molar-refractivity contribution in [1.29, 1.82) is 0 Å². The lowest BCUT2D eigenvalue weighted by Gasteiger charge is -2.43. The van der Waals surface area contributed by atoms with Crippen molar-refractivity contribution < 1.29 is 23.4 Å². The summed E-state index contributed by atoms with van der Waals surface area (Å²) in [7, 11) is 0.591. The highest BCUT2D eigenvalue weighted by atomic mass is 28.4. The van der Waals surface area contributed by atoms with Gasteiger partial charge in [0.15, 0.2) is 23.0 Å². The zero-order valence-corrected chi connectivity index (χ0v) is 33.6. The van der Waals surface area contributed by atoms with Crippen molar-refractivity contribution in [2.75, 3.05) is 20.8 Å². The van der Waals surface area contributed by atoms with Crippen LogP contribution in [0.5, 0.6) is 23.0 Å². The van der Waals surface area contributed by atoms with Crippen LogP contribution in [0.3, 0.4) is 0 Å². The van der Waals surface area contributed by atoms with Crippen molar-refractivity contribution in [3.8, 4) is 23.0 Å². The Labute approximate surface area is 328 Å². The Bertz CT molecular complexity index is 2060. The van der Waals surface area contributed by atoms with E-state index in [1.165, 1.54) is 10.4 Å². The highest BCUT2D eigenvalue weighted by Crippen LogP contribution is 2.38. The molecule has 0 saturated carbocycles. The normalized spacial score (nSPS) is 12.3. The van der Waals surface area contributed by atoms with Crippen LogP contribution in [-0.2, 0) is 24.1 Å². The van der Waals surface area contributed by atoms with Crippen LogP contribution in [0.2, 0.25) is 5.04 Å². The lowest BCUT2D eigenvalue weighted by atomic mass is 9.98. The minimum absolute atomic E-state index is 0.0300. The highest BCUT2D eigenvalue weighted by Gasteiger charge is 2.50. The summed E-state index contributed by atoms with van der Waals surface area (Å²) in [6.45, 7) is 8.40. The van der Waals surface area contributed by atoms with E-state index in [4.69, 9.17) is 23.4 Å². The summed E-state index contributed by atoms with van der Waals surface area (Å²) in [6.07, 6.45) is 5.17. The summed E-state index contributed by atoms with van der Waals surface area (Å²) in [5.41, 5.74) is 4.35. The van der Waals surface area contributed by atoms with Crippen LogP contribution in [0.25, 0.3) is 6.08 Å². The van der Waals surface area contributed by atoms with Gasteiger partial charge in [0.2, 0.25) is 0 Å². The van der Waals surface area contributed by atoms with Crippen molar-refractivity contribution in [1.82, 2.24) is 0 Å². The van der Waals surface area contributed by atoms with Crippen molar-refractivity contribution >= 4 is 24.8 Å². The molecule has 0 aromatic heterocycles. The first kappa shape index (κ1) is 39.1. The number of rotatable bonds is 17. The molecule has 6 heteroatoms. The molecular formula is C49H52O5Si. The van der Waals surface area contributed by atoms with E-state index >= 15 is 0 Å². The van der Waals surface area contributed by atoms with Gasteiger partial charge in [-0.3, -0.25) is 0 Å². The summed E-state index contributed by atoms with van der Waals surface area (Å²) in [4.78, 5) is 0. The maximum Gasteiger partial charge on any atom is 0.261 e. The smallest absolute Gasteiger partial charge is 0.261 e. The first-order valence-corrected chi connectivity index (χ1v) is 20.8. The maximum absolute atomic E-state index is 7.48. The molecule has 0 aliphatic rings. The van der Waals surface area contributed by atoms with E-state index in [1.807, 2.05) is 54.6 Å². The second-order valence-corrected chi connectivity index (χ2v) is 19.0. The van der Waals surface area contributed by atoms with Gasteiger partial charge in [0.1, 0.15) is 13.2 Å². The topological polar surface area (TPSA) is 46.2 Å². The SMILES string of the molecule is COc1cc(/C=C/[C@@H](CO[Si](c2ccccc2)(c2ccccc2)C(C)(C)C)Cc2ccc(OCc3ccccc3)c(OC)c2)ccc1OCc1ccccc1. The Morgan fingerprint density at radius 2 is 1.00 bits per heavy atom. The van der Waals surface area contributed by atoms with Crippen LogP contribution in [0.15, 0.2) is 164 Å². The molecule has 282 valence electrons. The van der Waals surface area contributed by atoms with Crippen LogP contribution in [0, 0.1) is 5.92 Å². The number of methoxy groups -OCH3 is 2. The fraction of sp³-hybridized carbons (Fsp3) is 0.224. The third-order valence-corrected chi connectivity index (χ3v) is 14.9. The largest absolute Gasteiger partial charge is 0.493 e. The van der Waals surface area contributed by atoms with E-state index in [0.29, 0.717) is 42.8 Å². The van der Waals surface area contributed by atoms with E-state index < -0.39 is 8.32 Å². The molecule has 0 unspecified atom stereocenters. The summed E-state index contributed by atoms with van der Waals surface area (Å²) in [6, 6.07) is 54.2. The molecule has 0 radical (unpaired) electrons. The van der Waals surface area contributed by atoms with Crippen LogP contribution in [0.1, 0.15) is 43.0 Å². The Morgan fingerprint density at radius 3 is 1.49 bits per heavy atom. The van der Waals surface area contributed by atoms with Gasteiger partial charge in [-0.05, 0) is 68.4 Å². The van der Waals surface area contributed by atoms with E-state index in [2.05, 4.69) is 136 Å². The average Bonchev–Trinajstić information content (AvgIpc) is 3.22. The maximum atomic E-state index is 7.48. The van der Waals surface area contributed by atoms with Crippen LogP contribution in [-0.4, -0.2) is 29.1 Å². The molecule has 0 spiro atoms. The molecule has 6 aromatic carbocycles. The zero-order chi connectivity index (χ0) is 38.5. The van der Waals surface area contributed by atoms with Gasteiger partial charge in [0, 0.05) is 12.5 Å². The predicted octanol–water partition coefficient (Wildman–Crippen LogP) is 10.3. The number of hydrogen-bond acceptors (Lipinski definition) is 5. The molecule has 6 rings (SSSR count). The molecule has 0 fully saturated rings. The summed E-state index contributed by atoms with van der Waals surface area (Å²) in [5.74, 6) is 2.85. The first-order valence-electron chi connectivity index (χ1n) is 18.9. The van der Waals surface area contributed by atoms with E-state index in [1.54, 1.807) is 14.2 Å². The second kappa shape index (κ2) is 18.7. The van der Waals surface area contributed by atoms with Crippen LogP contribution in [0.4, 0.5) is 0 Å². The lowest BCUT2D eigenvalue weighted by molar-refractivity contribution is 0.258. The second-order valence-electron chi connectivity index (χ2n) is 14.7. The third-order valence-electron chi connectivity index (χ3n) is 9.88. The van der Waals surface area contributed by atoms with Crippen molar-refractivity contribution in [2.45, 2.75) is 45.4 Å². The van der Waals surface area contributed by atoms with E-state index in [-0.39, 0.29) is 11.0 Å². The molecule has 0 aliphatic heterocycles. The Hall–Kier alpha value is -5.56. The van der Waals surface area contributed by atoms with Crippen molar-refractivity contribution in [3.05, 3.63) is 186 Å². The molecule has 0 N–H and O–H groups in total. The Morgan fingerprint density at radius 1 is 0.527 bits per heavy atom. The van der Waals surface area contributed by atoms with Gasteiger partial charge in [-0.25, -0.2) is 0 Å². The minimum Gasteiger partial charge on any atom is -0.493 e. The molecule has 0 aliphatic carbocycles. The Balaban J connectivity index is 1.30. The Kier molecular flexibility index (Phi) is 13.3. The molecule has 1 atom stereocenters. The van der Waals surface area contributed by atoms with E-state index in [0.717, 1.165) is 28.7 Å². The molecule has 0 heterocycles. The van der Waals surface area contributed by atoms with Gasteiger partial charge in [0.25, 0.3) is 8.32 Å². The summed E-state index contributed by atoms with van der Waals surface area (Å²) >= 11 is 0. The van der Waals surface area contributed by atoms with Gasteiger partial charge < -0.3 is 23.4 Å². The molecule has 0 bridgehead atoms.